The number of nitrogens with one attached hydrogen (secondary N) is 1. The molecule has 2 nitrogen and oxygen atoms in total. The highest BCUT2D eigenvalue weighted by Gasteiger charge is 1.98. The molecule has 4 heteroatoms. The minimum absolute atomic E-state index is 0.283. The minimum Gasteiger partial charge on any atom is -0.396 e. The lowest BCUT2D eigenvalue weighted by Crippen LogP contribution is -2.14. The van der Waals surface area contributed by atoms with E-state index < -0.39 is 0 Å². The molecule has 0 radical (unpaired) electrons. The van der Waals surface area contributed by atoms with E-state index in [1.807, 2.05) is 6.07 Å². The van der Waals surface area contributed by atoms with Gasteiger partial charge in [-0.15, -0.1) is 0 Å². The maximum absolute atomic E-state index is 8.61. The normalized spacial score (nSPS) is 10.6. The van der Waals surface area contributed by atoms with Gasteiger partial charge in [-0.1, -0.05) is 6.07 Å². The highest BCUT2D eigenvalue weighted by Crippen LogP contribution is 2.23. The molecule has 0 fully saturated rings. The first kappa shape index (κ1) is 13.2. The fraction of sp³-hybridized carbons (Fsp3) is 0.455. The van der Waals surface area contributed by atoms with Crippen LogP contribution in [0, 0.1) is 0 Å². The van der Waals surface area contributed by atoms with Crippen LogP contribution in [0.15, 0.2) is 27.1 Å². The Hall–Kier alpha value is 0.1000. The van der Waals surface area contributed by atoms with Crippen LogP contribution < -0.4 is 5.32 Å². The molecular formula is C11H15Br2NO. The van der Waals surface area contributed by atoms with E-state index >= 15 is 0 Å². The van der Waals surface area contributed by atoms with Crippen molar-refractivity contribution in [1.82, 2.24) is 5.32 Å². The second-order valence-corrected chi connectivity index (χ2v) is 5.06. The number of aliphatic hydroxyl groups excluding tert-OH is 1. The summed E-state index contributed by atoms with van der Waals surface area (Å²) >= 11 is 6.91. The zero-order valence-corrected chi connectivity index (χ0v) is 11.6. The van der Waals surface area contributed by atoms with Gasteiger partial charge in [0.15, 0.2) is 0 Å². The molecule has 0 spiro atoms. The van der Waals surface area contributed by atoms with E-state index in [0.717, 1.165) is 34.9 Å². The van der Waals surface area contributed by atoms with Gasteiger partial charge in [0.1, 0.15) is 0 Å². The minimum atomic E-state index is 0.283. The summed E-state index contributed by atoms with van der Waals surface area (Å²) < 4.78 is 2.16. The summed E-state index contributed by atoms with van der Waals surface area (Å²) in [7, 11) is 0. The number of halogens is 2. The molecule has 0 heterocycles. The van der Waals surface area contributed by atoms with Crippen molar-refractivity contribution in [2.45, 2.75) is 19.4 Å². The smallest absolute Gasteiger partial charge is 0.0431 e. The van der Waals surface area contributed by atoms with Crippen molar-refractivity contribution in [3.05, 3.63) is 32.7 Å². The third kappa shape index (κ3) is 5.11. The number of hydrogen-bond acceptors (Lipinski definition) is 2. The van der Waals surface area contributed by atoms with Crippen LogP contribution in [0.1, 0.15) is 18.4 Å². The van der Waals surface area contributed by atoms with Gasteiger partial charge in [-0.2, -0.15) is 0 Å². The molecule has 0 saturated heterocycles. The Balaban J connectivity index is 2.28. The Kier molecular flexibility index (Phi) is 6.48. The molecule has 15 heavy (non-hydrogen) atoms. The Morgan fingerprint density at radius 3 is 2.60 bits per heavy atom. The Morgan fingerprint density at radius 2 is 1.93 bits per heavy atom. The highest BCUT2D eigenvalue weighted by molar-refractivity contribution is 9.13. The molecule has 84 valence electrons. The van der Waals surface area contributed by atoms with Crippen LogP contribution in [0.3, 0.4) is 0 Å². The first-order valence-electron chi connectivity index (χ1n) is 4.99. The number of aliphatic hydroxyl groups is 1. The maximum atomic E-state index is 8.61. The van der Waals surface area contributed by atoms with Crippen molar-refractivity contribution in [2.75, 3.05) is 13.2 Å². The van der Waals surface area contributed by atoms with Crippen molar-refractivity contribution < 1.29 is 5.11 Å². The summed E-state index contributed by atoms with van der Waals surface area (Å²) in [6, 6.07) is 6.23. The maximum Gasteiger partial charge on any atom is 0.0431 e. The van der Waals surface area contributed by atoms with Crippen LogP contribution in [0.5, 0.6) is 0 Å². The molecule has 0 amide bonds. The number of rotatable bonds is 6. The lowest BCUT2D eigenvalue weighted by molar-refractivity contribution is 0.283. The summed E-state index contributed by atoms with van der Waals surface area (Å²) in [5.74, 6) is 0. The predicted octanol–water partition coefficient (Wildman–Crippen LogP) is 3.07. The van der Waals surface area contributed by atoms with Gasteiger partial charge in [-0.3, -0.25) is 0 Å². The van der Waals surface area contributed by atoms with Gasteiger partial charge < -0.3 is 10.4 Å². The molecule has 0 atom stereocenters. The van der Waals surface area contributed by atoms with Crippen LogP contribution >= 0.6 is 31.9 Å². The lowest BCUT2D eigenvalue weighted by atomic mass is 10.2. The van der Waals surface area contributed by atoms with E-state index in [0.29, 0.717) is 0 Å². The van der Waals surface area contributed by atoms with Crippen LogP contribution in [0.4, 0.5) is 0 Å². The fourth-order valence-corrected chi connectivity index (χ4v) is 1.92. The van der Waals surface area contributed by atoms with E-state index in [9.17, 15) is 0 Å². The largest absolute Gasteiger partial charge is 0.396 e. The Labute approximate surface area is 107 Å². The number of unbranched alkanes of at least 4 members (excludes halogenated alkanes) is 1. The average molecular weight is 337 g/mol. The van der Waals surface area contributed by atoms with Gasteiger partial charge in [-0.05, 0) is 68.9 Å². The molecule has 0 aromatic heterocycles. The van der Waals surface area contributed by atoms with E-state index in [2.05, 4.69) is 49.3 Å². The molecule has 0 bridgehead atoms. The zero-order chi connectivity index (χ0) is 11.1. The first-order chi connectivity index (χ1) is 7.24. The summed E-state index contributed by atoms with van der Waals surface area (Å²) in [5, 5.41) is 11.9. The second kappa shape index (κ2) is 7.39. The van der Waals surface area contributed by atoms with Crippen LogP contribution in [0.2, 0.25) is 0 Å². The summed E-state index contributed by atoms with van der Waals surface area (Å²) in [6.07, 6.45) is 1.89. The highest BCUT2D eigenvalue weighted by atomic mass is 79.9. The van der Waals surface area contributed by atoms with Crippen molar-refractivity contribution in [2.24, 2.45) is 0 Å². The fourth-order valence-electron chi connectivity index (χ4n) is 1.24. The molecule has 0 aliphatic carbocycles. The monoisotopic (exact) mass is 335 g/mol. The van der Waals surface area contributed by atoms with Crippen molar-refractivity contribution >= 4 is 31.9 Å². The van der Waals surface area contributed by atoms with E-state index in [1.54, 1.807) is 0 Å². The average Bonchev–Trinajstić information content (AvgIpc) is 2.23. The predicted molar refractivity (Wildman–Crippen MR) is 69.9 cm³/mol. The summed E-state index contributed by atoms with van der Waals surface area (Å²) in [6.45, 7) is 2.11. The van der Waals surface area contributed by atoms with Gasteiger partial charge in [-0.25, -0.2) is 0 Å². The summed E-state index contributed by atoms with van der Waals surface area (Å²) in [4.78, 5) is 0. The van der Waals surface area contributed by atoms with Crippen molar-refractivity contribution in [1.29, 1.82) is 0 Å². The third-order valence-corrected chi connectivity index (χ3v) is 3.95. The second-order valence-electron chi connectivity index (χ2n) is 3.36. The van der Waals surface area contributed by atoms with Crippen LogP contribution in [-0.4, -0.2) is 18.3 Å². The lowest BCUT2D eigenvalue weighted by Gasteiger charge is -2.05. The molecule has 1 rings (SSSR count). The quantitative estimate of drug-likeness (QED) is 0.782. The number of benzene rings is 1. The van der Waals surface area contributed by atoms with Crippen LogP contribution in [-0.2, 0) is 6.54 Å². The molecule has 0 aliphatic rings. The zero-order valence-electron chi connectivity index (χ0n) is 8.47. The summed E-state index contributed by atoms with van der Waals surface area (Å²) in [5.41, 5.74) is 1.26. The standard InChI is InChI=1S/C11H15Br2NO/c12-10-4-3-9(7-11(10)13)8-14-5-1-2-6-15/h3-4,7,14-15H,1-2,5-6,8H2. The van der Waals surface area contributed by atoms with Crippen LogP contribution in [0.25, 0.3) is 0 Å². The first-order valence-corrected chi connectivity index (χ1v) is 6.58. The third-order valence-electron chi connectivity index (χ3n) is 2.07. The van der Waals surface area contributed by atoms with Gasteiger partial charge in [0.2, 0.25) is 0 Å². The van der Waals surface area contributed by atoms with Gasteiger partial charge in [0.25, 0.3) is 0 Å². The van der Waals surface area contributed by atoms with E-state index in [4.69, 9.17) is 5.11 Å². The Morgan fingerprint density at radius 1 is 1.13 bits per heavy atom. The van der Waals surface area contributed by atoms with E-state index in [-0.39, 0.29) is 6.61 Å². The Bertz CT molecular complexity index is 305. The molecule has 0 aliphatic heterocycles. The van der Waals surface area contributed by atoms with Gasteiger partial charge >= 0.3 is 0 Å². The van der Waals surface area contributed by atoms with Gasteiger partial charge in [0, 0.05) is 22.1 Å². The van der Waals surface area contributed by atoms with Crippen molar-refractivity contribution in [3.63, 3.8) is 0 Å². The van der Waals surface area contributed by atoms with Crippen molar-refractivity contribution in [3.8, 4) is 0 Å². The molecule has 1 aromatic rings. The van der Waals surface area contributed by atoms with Gasteiger partial charge in [0.05, 0.1) is 0 Å². The molecular weight excluding hydrogens is 322 g/mol. The SMILES string of the molecule is OCCCCNCc1ccc(Br)c(Br)c1. The van der Waals surface area contributed by atoms with E-state index in [1.165, 1.54) is 5.56 Å². The molecule has 0 unspecified atom stereocenters. The molecule has 0 saturated carbocycles. The number of hydrogen-bond donors (Lipinski definition) is 2. The topological polar surface area (TPSA) is 32.3 Å². The molecule has 2 N–H and O–H groups in total. The molecule has 1 aromatic carbocycles.